The standard InChI is InChI=1S/C60H109O11P/c1-4-7-10-13-16-19-22-24-26-28-30-32-35-38-41-44-47-50-59(63)70-56(52-61)54-68-72(65,66)69-55-57(53-67-58(62)49-46-43-40-37-34-21-18-15-12-9-6-3)71-60(64)51-48-45-42-39-36-33-31-29-27-25-23-20-17-14-11-8-5-2/h8,11,15,17-18,20,25,27,56-57,61H,4-7,9-10,12-14,16,19,21-24,26,28-55H2,1-3H3,(H,65,66)/b11-8-,18-15-,20-17-,27-25-. The molecule has 2 N–H and O–H groups in total. The molecule has 0 amide bonds. The zero-order valence-corrected chi connectivity index (χ0v) is 47.3. The van der Waals surface area contributed by atoms with Gasteiger partial charge in [0.1, 0.15) is 12.7 Å². The van der Waals surface area contributed by atoms with Crippen molar-refractivity contribution < 1.29 is 52.2 Å². The van der Waals surface area contributed by atoms with Crippen molar-refractivity contribution in [1.29, 1.82) is 0 Å². The van der Waals surface area contributed by atoms with Gasteiger partial charge in [0.05, 0.1) is 19.8 Å². The molecule has 0 aliphatic heterocycles. The summed E-state index contributed by atoms with van der Waals surface area (Å²) in [5.41, 5.74) is 0. The van der Waals surface area contributed by atoms with Crippen LogP contribution in [-0.4, -0.2) is 66.5 Å². The van der Waals surface area contributed by atoms with Crippen LogP contribution in [0.1, 0.15) is 278 Å². The average molecular weight is 1040 g/mol. The van der Waals surface area contributed by atoms with E-state index in [-0.39, 0.29) is 25.9 Å². The van der Waals surface area contributed by atoms with Crippen LogP contribution in [0.2, 0.25) is 0 Å². The molecular weight excluding hydrogens is 928 g/mol. The number of rotatable bonds is 55. The molecule has 0 aromatic carbocycles. The van der Waals surface area contributed by atoms with Crippen molar-refractivity contribution in [3.05, 3.63) is 48.6 Å². The lowest BCUT2D eigenvalue weighted by molar-refractivity contribution is -0.161. The first-order chi connectivity index (χ1) is 35.2. The second-order valence-corrected chi connectivity index (χ2v) is 21.2. The van der Waals surface area contributed by atoms with E-state index in [4.69, 9.17) is 23.3 Å². The fourth-order valence-electron chi connectivity index (χ4n) is 8.24. The van der Waals surface area contributed by atoms with Crippen LogP contribution in [0.3, 0.4) is 0 Å². The first kappa shape index (κ1) is 69.4. The van der Waals surface area contributed by atoms with E-state index in [1.54, 1.807) is 0 Å². The maximum atomic E-state index is 12.9. The second kappa shape index (κ2) is 54.7. The number of carbonyl (C=O) groups excluding carboxylic acids is 3. The molecule has 0 saturated carbocycles. The van der Waals surface area contributed by atoms with Crippen LogP contribution >= 0.6 is 7.82 Å². The molecule has 12 heteroatoms. The van der Waals surface area contributed by atoms with Crippen LogP contribution in [0.5, 0.6) is 0 Å². The second-order valence-electron chi connectivity index (χ2n) is 19.8. The van der Waals surface area contributed by atoms with Gasteiger partial charge in [-0.25, -0.2) is 4.57 Å². The Morgan fingerprint density at radius 1 is 0.403 bits per heavy atom. The van der Waals surface area contributed by atoms with Gasteiger partial charge in [0.15, 0.2) is 6.10 Å². The number of phosphoric ester groups is 1. The fourth-order valence-corrected chi connectivity index (χ4v) is 9.02. The normalized spacial score (nSPS) is 13.7. The number of esters is 3. The van der Waals surface area contributed by atoms with Gasteiger partial charge >= 0.3 is 25.7 Å². The largest absolute Gasteiger partial charge is 0.472 e. The molecule has 0 rings (SSSR count). The monoisotopic (exact) mass is 1040 g/mol. The van der Waals surface area contributed by atoms with Gasteiger partial charge in [-0.05, 0) is 70.6 Å². The van der Waals surface area contributed by atoms with Gasteiger partial charge in [0, 0.05) is 19.3 Å². The van der Waals surface area contributed by atoms with Crippen molar-refractivity contribution in [3.63, 3.8) is 0 Å². The van der Waals surface area contributed by atoms with Crippen LogP contribution in [-0.2, 0) is 42.2 Å². The van der Waals surface area contributed by atoms with E-state index in [9.17, 15) is 28.9 Å². The molecule has 0 aromatic rings. The van der Waals surface area contributed by atoms with Crippen molar-refractivity contribution in [1.82, 2.24) is 0 Å². The molecular formula is C60H109O11P. The van der Waals surface area contributed by atoms with Crippen LogP contribution in [0.4, 0.5) is 0 Å². The van der Waals surface area contributed by atoms with Crippen LogP contribution in [0.15, 0.2) is 48.6 Å². The Morgan fingerprint density at radius 2 is 0.736 bits per heavy atom. The SMILES string of the molecule is CC/C=C\C/C=C\C/C=C\CCCCCCCCCC(=O)OC(COC(=O)CCCCCCC/C=C\CCCC)COP(=O)(O)OCC(CO)OC(=O)CCCCCCCCCCCCCCCCCCC. The van der Waals surface area contributed by atoms with E-state index in [2.05, 4.69) is 69.4 Å². The van der Waals surface area contributed by atoms with E-state index in [1.807, 2.05) is 0 Å². The minimum absolute atomic E-state index is 0.156. The molecule has 0 aromatic heterocycles. The van der Waals surface area contributed by atoms with Crippen molar-refractivity contribution in [2.75, 3.05) is 26.4 Å². The first-order valence-corrected chi connectivity index (χ1v) is 31.0. The molecule has 0 saturated heterocycles. The zero-order valence-electron chi connectivity index (χ0n) is 46.4. The third-order valence-corrected chi connectivity index (χ3v) is 13.7. The Hall–Kier alpha value is -2.56. The minimum Gasteiger partial charge on any atom is -0.462 e. The summed E-state index contributed by atoms with van der Waals surface area (Å²) >= 11 is 0. The Balaban J connectivity index is 4.64. The lowest BCUT2D eigenvalue weighted by Gasteiger charge is -2.21. The van der Waals surface area contributed by atoms with Crippen molar-refractivity contribution in [3.8, 4) is 0 Å². The fraction of sp³-hybridized carbons (Fsp3) is 0.817. The van der Waals surface area contributed by atoms with Crippen molar-refractivity contribution in [2.45, 2.75) is 290 Å². The van der Waals surface area contributed by atoms with Crippen molar-refractivity contribution in [2.24, 2.45) is 0 Å². The lowest BCUT2D eigenvalue weighted by Crippen LogP contribution is -2.30. The van der Waals surface area contributed by atoms with Gasteiger partial charge in [0.25, 0.3) is 0 Å². The highest BCUT2D eigenvalue weighted by Crippen LogP contribution is 2.43. The van der Waals surface area contributed by atoms with E-state index >= 15 is 0 Å². The summed E-state index contributed by atoms with van der Waals surface area (Å²) in [6, 6.07) is 0. The smallest absolute Gasteiger partial charge is 0.462 e. The molecule has 0 aliphatic rings. The third-order valence-electron chi connectivity index (χ3n) is 12.7. The minimum atomic E-state index is -4.75. The van der Waals surface area contributed by atoms with E-state index in [0.717, 1.165) is 116 Å². The van der Waals surface area contributed by atoms with E-state index in [0.29, 0.717) is 19.3 Å². The zero-order chi connectivity index (χ0) is 52.7. The number of carbonyl (C=O) groups is 3. The molecule has 0 spiro atoms. The van der Waals surface area contributed by atoms with Gasteiger partial charge in [-0.1, -0.05) is 236 Å². The number of allylic oxidation sites excluding steroid dienone is 8. The predicted octanol–water partition coefficient (Wildman–Crippen LogP) is 17.4. The molecule has 0 radical (unpaired) electrons. The highest BCUT2D eigenvalue weighted by Gasteiger charge is 2.28. The topological polar surface area (TPSA) is 155 Å². The maximum absolute atomic E-state index is 12.9. The number of ether oxygens (including phenoxy) is 3. The number of unbranched alkanes of at least 4 members (excludes halogenated alkanes) is 30. The number of hydrogen-bond donors (Lipinski definition) is 2. The Kier molecular flexibility index (Phi) is 52.7. The summed E-state index contributed by atoms with van der Waals surface area (Å²) in [5, 5.41) is 9.82. The highest BCUT2D eigenvalue weighted by molar-refractivity contribution is 7.47. The maximum Gasteiger partial charge on any atom is 0.472 e. The number of phosphoric acid groups is 1. The van der Waals surface area contributed by atoms with Crippen LogP contribution < -0.4 is 0 Å². The molecule has 0 fully saturated rings. The van der Waals surface area contributed by atoms with Crippen molar-refractivity contribution >= 4 is 25.7 Å². The summed E-state index contributed by atoms with van der Waals surface area (Å²) in [6.45, 7) is 4.51. The van der Waals surface area contributed by atoms with Gasteiger partial charge in [0.2, 0.25) is 0 Å². The van der Waals surface area contributed by atoms with E-state index < -0.39 is 57.8 Å². The van der Waals surface area contributed by atoms with Gasteiger partial charge in [-0.15, -0.1) is 0 Å². The highest BCUT2D eigenvalue weighted by atomic mass is 31.2. The first-order valence-electron chi connectivity index (χ1n) is 29.5. The van der Waals surface area contributed by atoms with Crippen LogP contribution in [0.25, 0.3) is 0 Å². The Bertz CT molecular complexity index is 1400. The van der Waals surface area contributed by atoms with Gasteiger partial charge < -0.3 is 24.2 Å². The molecule has 11 nitrogen and oxygen atoms in total. The number of aliphatic hydroxyl groups is 1. The summed E-state index contributed by atoms with van der Waals surface area (Å²) in [7, 11) is -4.75. The Labute approximate surface area is 441 Å². The summed E-state index contributed by atoms with van der Waals surface area (Å²) in [5.74, 6) is -1.47. The molecule has 0 aliphatic carbocycles. The predicted molar refractivity (Wildman–Crippen MR) is 298 cm³/mol. The molecule has 72 heavy (non-hydrogen) atoms. The van der Waals surface area contributed by atoms with Crippen LogP contribution in [0, 0.1) is 0 Å². The summed E-state index contributed by atoms with van der Waals surface area (Å²) < 4.78 is 39.5. The molecule has 3 unspecified atom stereocenters. The van der Waals surface area contributed by atoms with Gasteiger partial charge in [-0.2, -0.15) is 0 Å². The number of hydrogen-bond acceptors (Lipinski definition) is 10. The summed E-state index contributed by atoms with van der Waals surface area (Å²) in [4.78, 5) is 48.5. The number of aliphatic hydroxyl groups excluding tert-OH is 1. The Morgan fingerprint density at radius 3 is 1.17 bits per heavy atom. The molecule has 0 bridgehead atoms. The molecule has 3 atom stereocenters. The summed E-state index contributed by atoms with van der Waals surface area (Å²) in [6.07, 6.45) is 57.8. The average Bonchev–Trinajstić information content (AvgIpc) is 3.37. The molecule has 420 valence electrons. The molecule has 0 heterocycles. The van der Waals surface area contributed by atoms with E-state index in [1.165, 1.54) is 103 Å². The van der Waals surface area contributed by atoms with Gasteiger partial charge in [-0.3, -0.25) is 23.4 Å². The quantitative estimate of drug-likeness (QED) is 0.0197. The lowest BCUT2D eigenvalue weighted by atomic mass is 10.0. The third kappa shape index (κ3) is 52.3.